The molecule has 0 bridgehead atoms. The molecule has 0 radical (unpaired) electrons. The Morgan fingerprint density at radius 2 is 2.25 bits per heavy atom. The maximum Gasteiger partial charge on any atom is 0.228 e. The zero-order valence-corrected chi connectivity index (χ0v) is 15.5. The third-order valence-electron chi connectivity index (χ3n) is 4.54. The quantitative estimate of drug-likeness (QED) is 0.657. The fraction of sp³-hybridized carbons (Fsp3) is 0.368. The molecule has 0 aromatic carbocycles. The molecule has 0 N–H and O–H groups in total. The number of carbonyl (C=O) groups is 1. The molecule has 28 heavy (non-hydrogen) atoms. The van der Waals surface area contributed by atoms with Crippen molar-refractivity contribution in [1.82, 2.24) is 30.0 Å². The van der Waals surface area contributed by atoms with Crippen LogP contribution in [-0.4, -0.2) is 55.6 Å². The predicted molar refractivity (Wildman–Crippen MR) is 97.9 cm³/mol. The second kappa shape index (κ2) is 8.22. The minimum atomic E-state index is -0.386. The summed E-state index contributed by atoms with van der Waals surface area (Å²) in [7, 11) is 0. The number of hydrogen-bond acceptors (Lipinski definition) is 8. The molecular formula is C19H20N6O3. The van der Waals surface area contributed by atoms with Crippen LogP contribution < -0.4 is 0 Å². The van der Waals surface area contributed by atoms with Crippen molar-refractivity contribution in [1.29, 1.82) is 0 Å². The van der Waals surface area contributed by atoms with Crippen molar-refractivity contribution in [3.05, 3.63) is 54.2 Å². The summed E-state index contributed by atoms with van der Waals surface area (Å²) in [6, 6.07) is 5.55. The molecule has 1 amide bonds. The van der Waals surface area contributed by atoms with Gasteiger partial charge in [0.25, 0.3) is 0 Å². The molecule has 3 aromatic heterocycles. The highest BCUT2D eigenvalue weighted by atomic mass is 16.5. The van der Waals surface area contributed by atoms with Gasteiger partial charge in [-0.05, 0) is 12.1 Å². The van der Waals surface area contributed by atoms with Crippen LogP contribution in [0.3, 0.4) is 0 Å². The van der Waals surface area contributed by atoms with Gasteiger partial charge in [0, 0.05) is 31.1 Å². The van der Waals surface area contributed by atoms with Crippen molar-refractivity contribution in [3.8, 4) is 11.4 Å². The van der Waals surface area contributed by atoms with Crippen molar-refractivity contribution in [2.75, 3.05) is 19.7 Å². The molecule has 1 atom stereocenters. The summed E-state index contributed by atoms with van der Waals surface area (Å²) < 4.78 is 11.1. The minimum Gasteiger partial charge on any atom is -0.368 e. The Hall–Kier alpha value is -3.20. The Morgan fingerprint density at radius 3 is 3.04 bits per heavy atom. The second-order valence-corrected chi connectivity index (χ2v) is 6.38. The number of morpholine rings is 1. The summed E-state index contributed by atoms with van der Waals surface area (Å²) in [5, 5.41) is 4.01. The number of carbonyl (C=O) groups excluding carboxylic acids is 1. The summed E-state index contributed by atoms with van der Waals surface area (Å²) in [6.45, 7) is 3.29. The topological polar surface area (TPSA) is 107 Å². The van der Waals surface area contributed by atoms with Crippen LogP contribution in [0.4, 0.5) is 0 Å². The molecule has 1 aliphatic rings. The van der Waals surface area contributed by atoms with Crippen LogP contribution in [0.5, 0.6) is 0 Å². The van der Waals surface area contributed by atoms with Gasteiger partial charge in [0.05, 0.1) is 30.8 Å². The number of amides is 1. The zero-order chi connectivity index (χ0) is 19.3. The summed E-state index contributed by atoms with van der Waals surface area (Å²) in [5.74, 6) is 0.977. The first-order valence-corrected chi connectivity index (χ1v) is 9.16. The van der Waals surface area contributed by atoms with Gasteiger partial charge in [0.15, 0.2) is 0 Å². The van der Waals surface area contributed by atoms with Crippen LogP contribution in [0.2, 0.25) is 0 Å². The number of pyridine rings is 1. The van der Waals surface area contributed by atoms with Gasteiger partial charge in [-0.25, -0.2) is 9.97 Å². The van der Waals surface area contributed by atoms with E-state index in [0.29, 0.717) is 49.1 Å². The number of aromatic nitrogens is 5. The fourth-order valence-corrected chi connectivity index (χ4v) is 3.09. The molecule has 1 saturated heterocycles. The van der Waals surface area contributed by atoms with Crippen molar-refractivity contribution < 1.29 is 14.1 Å². The van der Waals surface area contributed by atoms with E-state index in [1.54, 1.807) is 17.3 Å². The molecule has 0 aliphatic carbocycles. The van der Waals surface area contributed by atoms with Crippen LogP contribution in [0, 0.1) is 0 Å². The van der Waals surface area contributed by atoms with Gasteiger partial charge >= 0.3 is 0 Å². The lowest BCUT2D eigenvalue weighted by Gasteiger charge is -2.33. The van der Waals surface area contributed by atoms with Gasteiger partial charge in [-0.2, -0.15) is 4.98 Å². The normalized spacial score (nSPS) is 16.9. The lowest BCUT2D eigenvalue weighted by molar-refractivity contribution is -0.138. The number of hydrogen-bond donors (Lipinski definition) is 0. The highest BCUT2D eigenvalue weighted by molar-refractivity contribution is 5.78. The van der Waals surface area contributed by atoms with Gasteiger partial charge in [0.1, 0.15) is 12.4 Å². The molecule has 4 rings (SSSR count). The second-order valence-electron chi connectivity index (χ2n) is 6.38. The standard InChI is InChI=1S/C19H20N6O3/c1-2-16-23-19(24-28-16)14-10-20-12-22-18(14)15-11-25(7-8-27-15)17(26)9-13-5-3-4-6-21-13/h3-6,10,12,15H,2,7-9,11H2,1H3. The smallest absolute Gasteiger partial charge is 0.228 e. The van der Waals surface area contributed by atoms with Gasteiger partial charge in [0.2, 0.25) is 17.6 Å². The lowest BCUT2D eigenvalue weighted by atomic mass is 10.1. The molecule has 3 aromatic rings. The van der Waals surface area contributed by atoms with Crippen LogP contribution in [0.15, 0.2) is 41.4 Å². The maximum absolute atomic E-state index is 12.7. The first kappa shape index (κ1) is 18.2. The zero-order valence-electron chi connectivity index (χ0n) is 15.5. The summed E-state index contributed by atoms with van der Waals surface area (Å²) in [4.78, 5) is 31.5. The first-order chi connectivity index (χ1) is 13.7. The molecule has 144 valence electrons. The summed E-state index contributed by atoms with van der Waals surface area (Å²) in [5.41, 5.74) is 2.04. The Balaban J connectivity index is 1.53. The van der Waals surface area contributed by atoms with E-state index in [4.69, 9.17) is 9.26 Å². The van der Waals surface area contributed by atoms with E-state index in [0.717, 1.165) is 5.69 Å². The SMILES string of the molecule is CCc1nc(-c2cncnc2C2CN(C(=O)Cc3ccccn3)CCO2)no1. The molecule has 1 fully saturated rings. The van der Waals surface area contributed by atoms with Crippen molar-refractivity contribution in [2.45, 2.75) is 25.9 Å². The fourth-order valence-electron chi connectivity index (χ4n) is 3.09. The number of ether oxygens (including phenoxy) is 1. The molecule has 9 nitrogen and oxygen atoms in total. The Morgan fingerprint density at radius 1 is 1.32 bits per heavy atom. The van der Waals surface area contributed by atoms with E-state index in [1.807, 2.05) is 25.1 Å². The predicted octanol–water partition coefficient (Wildman–Crippen LogP) is 1.63. The molecule has 1 aliphatic heterocycles. The highest BCUT2D eigenvalue weighted by Crippen LogP contribution is 2.28. The van der Waals surface area contributed by atoms with Gasteiger partial charge in [-0.1, -0.05) is 18.1 Å². The number of rotatable bonds is 5. The molecule has 4 heterocycles. The minimum absolute atomic E-state index is 0.00966. The molecular weight excluding hydrogens is 360 g/mol. The third-order valence-corrected chi connectivity index (χ3v) is 4.54. The van der Waals surface area contributed by atoms with Crippen LogP contribution in [-0.2, 0) is 22.4 Å². The van der Waals surface area contributed by atoms with Gasteiger partial charge < -0.3 is 14.2 Å². The molecule has 9 heteroatoms. The van der Waals surface area contributed by atoms with Crippen molar-refractivity contribution in [2.24, 2.45) is 0 Å². The van der Waals surface area contributed by atoms with E-state index < -0.39 is 0 Å². The van der Waals surface area contributed by atoms with E-state index in [1.165, 1.54) is 6.33 Å². The first-order valence-electron chi connectivity index (χ1n) is 9.16. The average molecular weight is 380 g/mol. The number of nitrogens with zero attached hydrogens (tertiary/aromatic N) is 6. The average Bonchev–Trinajstić information content (AvgIpc) is 3.24. The Bertz CT molecular complexity index is 946. The molecule has 0 spiro atoms. The monoisotopic (exact) mass is 380 g/mol. The maximum atomic E-state index is 12.7. The van der Waals surface area contributed by atoms with Crippen LogP contribution in [0.25, 0.3) is 11.4 Å². The Labute approximate surface area is 161 Å². The van der Waals surface area contributed by atoms with Crippen LogP contribution in [0.1, 0.15) is 30.3 Å². The van der Waals surface area contributed by atoms with Crippen molar-refractivity contribution in [3.63, 3.8) is 0 Å². The van der Waals surface area contributed by atoms with E-state index in [-0.39, 0.29) is 18.4 Å². The summed E-state index contributed by atoms with van der Waals surface area (Å²) in [6.07, 6.45) is 5.30. The van der Waals surface area contributed by atoms with Gasteiger partial charge in [-0.15, -0.1) is 0 Å². The lowest BCUT2D eigenvalue weighted by Crippen LogP contribution is -2.43. The van der Waals surface area contributed by atoms with Crippen molar-refractivity contribution >= 4 is 5.91 Å². The number of aryl methyl sites for hydroxylation is 1. The van der Waals surface area contributed by atoms with Gasteiger partial charge in [-0.3, -0.25) is 9.78 Å². The van der Waals surface area contributed by atoms with Crippen LogP contribution >= 0.6 is 0 Å². The highest BCUT2D eigenvalue weighted by Gasteiger charge is 2.29. The summed E-state index contributed by atoms with van der Waals surface area (Å²) >= 11 is 0. The van der Waals surface area contributed by atoms with E-state index in [2.05, 4.69) is 25.1 Å². The molecule has 1 unspecified atom stereocenters. The Kier molecular flexibility index (Phi) is 5.34. The largest absolute Gasteiger partial charge is 0.368 e. The third kappa shape index (κ3) is 3.89. The van der Waals surface area contributed by atoms with E-state index in [9.17, 15) is 4.79 Å². The molecule has 0 saturated carbocycles. The van der Waals surface area contributed by atoms with E-state index >= 15 is 0 Å².